The number of nitrogens with zero attached hydrogens (tertiary/aromatic N) is 1. The van der Waals surface area contributed by atoms with Crippen LogP contribution in [0.4, 0.5) is 5.69 Å². The lowest BCUT2D eigenvalue weighted by Crippen LogP contribution is -2.11. The molecule has 0 aliphatic carbocycles. The van der Waals surface area contributed by atoms with Crippen molar-refractivity contribution >= 4 is 11.6 Å². The van der Waals surface area contributed by atoms with Crippen molar-refractivity contribution in [2.24, 2.45) is 5.73 Å². The Bertz CT molecular complexity index is 614. The van der Waals surface area contributed by atoms with E-state index in [0.29, 0.717) is 28.6 Å². The number of hydrogen-bond acceptors (Lipinski definition) is 5. The molecular formula is C13H13N3O3. The van der Waals surface area contributed by atoms with Crippen molar-refractivity contribution in [1.29, 1.82) is 0 Å². The number of ether oxygens (including phenoxy) is 2. The summed E-state index contributed by atoms with van der Waals surface area (Å²) in [5, 5.41) is 0. The molecule has 0 aliphatic heterocycles. The Morgan fingerprint density at radius 1 is 1.21 bits per heavy atom. The van der Waals surface area contributed by atoms with Crippen molar-refractivity contribution in [2.75, 3.05) is 12.8 Å². The highest BCUT2D eigenvalue weighted by Gasteiger charge is 2.08. The maximum atomic E-state index is 11.2. The van der Waals surface area contributed by atoms with Gasteiger partial charge in [-0.15, -0.1) is 0 Å². The van der Waals surface area contributed by atoms with E-state index in [0.717, 1.165) is 0 Å². The number of rotatable bonds is 4. The van der Waals surface area contributed by atoms with Crippen LogP contribution in [-0.4, -0.2) is 18.0 Å². The van der Waals surface area contributed by atoms with Gasteiger partial charge in [0.15, 0.2) is 0 Å². The normalized spacial score (nSPS) is 9.95. The number of aromatic nitrogens is 1. The number of benzene rings is 1. The molecule has 1 amide bonds. The molecule has 0 bridgehead atoms. The highest BCUT2D eigenvalue weighted by atomic mass is 16.5. The fraction of sp³-hybridized carbons (Fsp3) is 0.0769. The van der Waals surface area contributed by atoms with Gasteiger partial charge in [0.1, 0.15) is 11.5 Å². The van der Waals surface area contributed by atoms with Crippen molar-refractivity contribution in [1.82, 2.24) is 4.98 Å². The summed E-state index contributed by atoms with van der Waals surface area (Å²) in [6.45, 7) is 0. The average Bonchev–Trinajstić information content (AvgIpc) is 2.38. The fourth-order valence-corrected chi connectivity index (χ4v) is 1.49. The lowest BCUT2D eigenvalue weighted by molar-refractivity contribution is 0.0999. The maximum absolute atomic E-state index is 11.2. The van der Waals surface area contributed by atoms with Gasteiger partial charge in [-0.05, 0) is 18.2 Å². The summed E-state index contributed by atoms with van der Waals surface area (Å²) < 4.78 is 10.6. The van der Waals surface area contributed by atoms with E-state index in [1.165, 1.54) is 25.4 Å². The van der Waals surface area contributed by atoms with Gasteiger partial charge in [-0.1, -0.05) is 0 Å². The Kier molecular flexibility index (Phi) is 3.51. The van der Waals surface area contributed by atoms with E-state index in [9.17, 15) is 4.79 Å². The van der Waals surface area contributed by atoms with Crippen molar-refractivity contribution in [3.05, 3.63) is 42.1 Å². The molecule has 0 atom stereocenters. The molecule has 2 aromatic rings. The van der Waals surface area contributed by atoms with Gasteiger partial charge >= 0.3 is 0 Å². The van der Waals surface area contributed by atoms with Crippen LogP contribution in [0.25, 0.3) is 0 Å². The maximum Gasteiger partial charge on any atom is 0.248 e. The molecule has 0 saturated heterocycles. The van der Waals surface area contributed by atoms with Gasteiger partial charge < -0.3 is 20.9 Å². The van der Waals surface area contributed by atoms with Crippen molar-refractivity contribution < 1.29 is 14.3 Å². The fourth-order valence-electron chi connectivity index (χ4n) is 1.49. The number of nitrogen functional groups attached to an aromatic ring is 1. The van der Waals surface area contributed by atoms with Crippen LogP contribution >= 0.6 is 0 Å². The number of carbonyl (C=O) groups excluding carboxylic acids is 1. The summed E-state index contributed by atoms with van der Waals surface area (Å²) in [6, 6.07) is 7.88. The lowest BCUT2D eigenvalue weighted by atomic mass is 10.2. The van der Waals surface area contributed by atoms with E-state index < -0.39 is 5.91 Å². The predicted octanol–water partition coefficient (Wildman–Crippen LogP) is 1.56. The van der Waals surface area contributed by atoms with Gasteiger partial charge in [-0.3, -0.25) is 4.79 Å². The smallest absolute Gasteiger partial charge is 0.248 e. The highest BCUT2D eigenvalue weighted by molar-refractivity contribution is 5.93. The Morgan fingerprint density at radius 3 is 2.58 bits per heavy atom. The molecule has 1 aromatic heterocycles. The molecule has 4 N–H and O–H groups in total. The molecule has 19 heavy (non-hydrogen) atoms. The Balaban J connectivity index is 2.34. The second-order valence-corrected chi connectivity index (χ2v) is 3.79. The van der Waals surface area contributed by atoms with Gasteiger partial charge in [0.2, 0.25) is 11.8 Å². The molecule has 0 aliphatic rings. The quantitative estimate of drug-likeness (QED) is 0.867. The Labute approximate surface area is 110 Å². The number of anilines is 1. The van der Waals surface area contributed by atoms with E-state index in [1.54, 1.807) is 18.2 Å². The molecule has 1 heterocycles. The largest absolute Gasteiger partial charge is 0.497 e. The summed E-state index contributed by atoms with van der Waals surface area (Å²) in [5.74, 6) is 0.620. The SMILES string of the molecule is COc1cc(Oc2cc(N)ccn2)cc(C(N)=O)c1. The third-order valence-corrected chi connectivity index (χ3v) is 2.38. The molecule has 0 unspecified atom stereocenters. The molecule has 6 nitrogen and oxygen atoms in total. The summed E-state index contributed by atoms with van der Waals surface area (Å²) in [6.07, 6.45) is 1.53. The number of amides is 1. The molecule has 6 heteroatoms. The monoisotopic (exact) mass is 259 g/mol. The number of hydrogen-bond donors (Lipinski definition) is 2. The van der Waals surface area contributed by atoms with Crippen LogP contribution in [0.5, 0.6) is 17.4 Å². The van der Waals surface area contributed by atoms with Gasteiger partial charge in [0, 0.05) is 29.6 Å². The van der Waals surface area contributed by atoms with Crippen LogP contribution in [0.15, 0.2) is 36.5 Å². The average molecular weight is 259 g/mol. The second kappa shape index (κ2) is 5.26. The van der Waals surface area contributed by atoms with Crippen LogP contribution < -0.4 is 20.9 Å². The predicted molar refractivity (Wildman–Crippen MR) is 70.2 cm³/mol. The van der Waals surface area contributed by atoms with Crippen LogP contribution in [0, 0.1) is 0 Å². The molecule has 2 rings (SSSR count). The van der Waals surface area contributed by atoms with Gasteiger partial charge in [0.05, 0.1) is 7.11 Å². The molecule has 98 valence electrons. The first-order valence-corrected chi connectivity index (χ1v) is 5.47. The van der Waals surface area contributed by atoms with E-state index >= 15 is 0 Å². The minimum atomic E-state index is -0.565. The van der Waals surface area contributed by atoms with Crippen LogP contribution in [0.1, 0.15) is 10.4 Å². The minimum absolute atomic E-state index is 0.290. The third-order valence-electron chi connectivity index (χ3n) is 2.38. The number of primary amides is 1. The first kappa shape index (κ1) is 12.7. The van der Waals surface area contributed by atoms with Crippen LogP contribution in [0.2, 0.25) is 0 Å². The third kappa shape index (κ3) is 3.12. The zero-order chi connectivity index (χ0) is 13.8. The molecule has 0 radical (unpaired) electrons. The number of methoxy groups -OCH3 is 1. The van der Waals surface area contributed by atoms with Crippen molar-refractivity contribution in [2.45, 2.75) is 0 Å². The highest BCUT2D eigenvalue weighted by Crippen LogP contribution is 2.26. The molecule has 0 saturated carbocycles. The minimum Gasteiger partial charge on any atom is -0.497 e. The molecular weight excluding hydrogens is 246 g/mol. The lowest BCUT2D eigenvalue weighted by Gasteiger charge is -2.08. The first-order chi connectivity index (χ1) is 9.08. The summed E-state index contributed by atoms with van der Waals surface area (Å²) >= 11 is 0. The van der Waals surface area contributed by atoms with Gasteiger partial charge in [-0.25, -0.2) is 4.98 Å². The zero-order valence-electron chi connectivity index (χ0n) is 10.3. The summed E-state index contributed by atoms with van der Waals surface area (Å²) in [7, 11) is 1.49. The summed E-state index contributed by atoms with van der Waals surface area (Å²) in [4.78, 5) is 15.2. The Morgan fingerprint density at radius 2 is 1.95 bits per heavy atom. The molecule has 1 aromatic carbocycles. The number of carbonyl (C=O) groups is 1. The number of pyridine rings is 1. The number of nitrogens with two attached hydrogens (primary N) is 2. The zero-order valence-corrected chi connectivity index (χ0v) is 10.3. The van der Waals surface area contributed by atoms with Gasteiger partial charge in [0.25, 0.3) is 0 Å². The van der Waals surface area contributed by atoms with Crippen molar-refractivity contribution in [3.63, 3.8) is 0 Å². The standard InChI is InChI=1S/C13H13N3O3/c1-18-10-4-8(13(15)17)5-11(7-10)19-12-6-9(14)2-3-16-12/h2-7H,1H3,(H2,14,16)(H2,15,17). The summed E-state index contributed by atoms with van der Waals surface area (Å²) in [5.41, 5.74) is 11.7. The molecule has 0 spiro atoms. The first-order valence-electron chi connectivity index (χ1n) is 5.47. The van der Waals surface area contributed by atoms with Crippen LogP contribution in [0.3, 0.4) is 0 Å². The van der Waals surface area contributed by atoms with Gasteiger partial charge in [-0.2, -0.15) is 0 Å². The second-order valence-electron chi connectivity index (χ2n) is 3.79. The van der Waals surface area contributed by atoms with E-state index in [1.807, 2.05) is 0 Å². The van der Waals surface area contributed by atoms with Crippen LogP contribution in [-0.2, 0) is 0 Å². The molecule has 0 fully saturated rings. The van der Waals surface area contributed by atoms with E-state index in [-0.39, 0.29) is 0 Å². The van der Waals surface area contributed by atoms with Crippen molar-refractivity contribution in [3.8, 4) is 17.4 Å². The van der Waals surface area contributed by atoms with E-state index in [2.05, 4.69) is 4.98 Å². The topological polar surface area (TPSA) is 100 Å². The Hall–Kier alpha value is -2.76. The van der Waals surface area contributed by atoms with E-state index in [4.69, 9.17) is 20.9 Å².